The van der Waals surface area contributed by atoms with Crippen LogP contribution >= 0.6 is 11.3 Å². The normalized spacial score (nSPS) is 16.3. The van der Waals surface area contributed by atoms with Gasteiger partial charge in [0.25, 0.3) is 5.91 Å². The lowest BCUT2D eigenvalue weighted by atomic mass is 9.94. The van der Waals surface area contributed by atoms with Gasteiger partial charge in [-0.1, -0.05) is 36.4 Å². The van der Waals surface area contributed by atoms with E-state index in [2.05, 4.69) is 22.3 Å². The highest BCUT2D eigenvalue weighted by molar-refractivity contribution is 7.12. The van der Waals surface area contributed by atoms with E-state index in [0.29, 0.717) is 25.9 Å². The van der Waals surface area contributed by atoms with E-state index in [0.717, 1.165) is 17.0 Å². The van der Waals surface area contributed by atoms with Crippen LogP contribution in [0.2, 0.25) is 0 Å². The molecule has 1 N–H and O–H groups in total. The zero-order chi connectivity index (χ0) is 19.2. The minimum absolute atomic E-state index is 0.0283. The van der Waals surface area contributed by atoms with Gasteiger partial charge >= 0.3 is 0 Å². The molecule has 0 aliphatic carbocycles. The maximum atomic E-state index is 12.8. The summed E-state index contributed by atoms with van der Waals surface area (Å²) in [5.41, 5.74) is 1.12. The van der Waals surface area contributed by atoms with E-state index >= 15 is 0 Å². The average Bonchev–Trinajstić information content (AvgIpc) is 3.22. The third-order valence-corrected chi connectivity index (χ3v) is 5.81. The number of carbonyl (C=O) groups excluding carboxylic acids is 2. The second-order valence-electron chi connectivity index (χ2n) is 7.28. The minimum atomic E-state index is -0.0363. The van der Waals surface area contributed by atoms with Crippen LogP contribution < -0.4 is 5.32 Å². The summed E-state index contributed by atoms with van der Waals surface area (Å²) in [4.78, 5) is 30.0. The number of carbonyl (C=O) groups is 2. The van der Waals surface area contributed by atoms with Crippen molar-refractivity contribution in [2.45, 2.75) is 18.9 Å². The third kappa shape index (κ3) is 5.17. The second kappa shape index (κ2) is 9.15. The topological polar surface area (TPSA) is 52.7 Å². The first-order chi connectivity index (χ1) is 13.0. The molecule has 3 rings (SSSR count). The first-order valence-corrected chi connectivity index (χ1v) is 10.3. The zero-order valence-corrected chi connectivity index (χ0v) is 16.7. The molecule has 0 spiro atoms. The number of thiophene rings is 1. The quantitative estimate of drug-likeness (QED) is 0.832. The van der Waals surface area contributed by atoms with Gasteiger partial charge < -0.3 is 15.1 Å². The number of benzene rings is 1. The van der Waals surface area contributed by atoms with Crippen LogP contribution in [0.3, 0.4) is 0 Å². The van der Waals surface area contributed by atoms with Gasteiger partial charge in [0.15, 0.2) is 0 Å². The molecule has 2 amide bonds. The van der Waals surface area contributed by atoms with Crippen LogP contribution in [0.5, 0.6) is 0 Å². The van der Waals surface area contributed by atoms with Crippen molar-refractivity contribution in [3.63, 3.8) is 0 Å². The summed E-state index contributed by atoms with van der Waals surface area (Å²) in [6.07, 6.45) is 1.43. The molecule has 0 bridgehead atoms. The molecule has 1 aromatic carbocycles. The Bertz CT molecular complexity index is 738. The third-order valence-electron chi connectivity index (χ3n) is 4.95. The van der Waals surface area contributed by atoms with Crippen molar-refractivity contribution in [3.8, 4) is 0 Å². The summed E-state index contributed by atoms with van der Waals surface area (Å²) in [5.74, 6) is 0.137. The Morgan fingerprint density at radius 2 is 1.85 bits per heavy atom. The number of piperidine rings is 1. The first kappa shape index (κ1) is 19.6. The Kier molecular flexibility index (Phi) is 6.63. The maximum Gasteiger partial charge on any atom is 0.263 e. The molecule has 0 saturated carbocycles. The lowest BCUT2D eigenvalue weighted by Crippen LogP contribution is -2.44. The fourth-order valence-electron chi connectivity index (χ4n) is 3.48. The van der Waals surface area contributed by atoms with Crippen molar-refractivity contribution >= 4 is 23.2 Å². The summed E-state index contributed by atoms with van der Waals surface area (Å²) in [7, 11) is 4.02. The molecular weight excluding hydrogens is 358 g/mol. The largest absolute Gasteiger partial charge is 0.348 e. The maximum absolute atomic E-state index is 12.8. The van der Waals surface area contributed by atoms with Gasteiger partial charge in [0.05, 0.1) is 10.9 Å². The minimum Gasteiger partial charge on any atom is -0.348 e. The van der Waals surface area contributed by atoms with E-state index < -0.39 is 0 Å². The molecule has 2 heterocycles. The Labute approximate surface area is 165 Å². The van der Waals surface area contributed by atoms with E-state index in [9.17, 15) is 9.59 Å². The SMILES string of the molecule is CN(C)C[C@H](NC(=O)C1CCN(C(=O)c2cccs2)CC1)c1ccccc1. The lowest BCUT2D eigenvalue weighted by Gasteiger charge is -2.32. The number of nitrogens with zero attached hydrogens (tertiary/aromatic N) is 2. The number of nitrogens with one attached hydrogen (secondary N) is 1. The van der Waals surface area contributed by atoms with Crippen molar-refractivity contribution < 1.29 is 9.59 Å². The molecule has 1 aromatic heterocycles. The summed E-state index contributed by atoms with van der Waals surface area (Å²) in [5, 5.41) is 5.14. The number of rotatable bonds is 6. The van der Waals surface area contributed by atoms with E-state index in [4.69, 9.17) is 0 Å². The van der Waals surface area contributed by atoms with Gasteiger partial charge in [0.2, 0.25) is 5.91 Å². The molecule has 1 aliphatic rings. The summed E-state index contributed by atoms with van der Waals surface area (Å²) >= 11 is 1.47. The van der Waals surface area contributed by atoms with Gasteiger partial charge in [-0.2, -0.15) is 0 Å². The fourth-order valence-corrected chi connectivity index (χ4v) is 4.17. The molecule has 1 atom stereocenters. The Morgan fingerprint density at radius 3 is 2.44 bits per heavy atom. The van der Waals surface area contributed by atoms with Crippen molar-refractivity contribution in [2.24, 2.45) is 5.92 Å². The van der Waals surface area contributed by atoms with E-state index in [1.165, 1.54) is 11.3 Å². The highest BCUT2D eigenvalue weighted by Crippen LogP contribution is 2.22. The number of likely N-dealkylation sites (tertiary alicyclic amines) is 1. The Balaban J connectivity index is 1.57. The Morgan fingerprint density at radius 1 is 1.15 bits per heavy atom. The second-order valence-corrected chi connectivity index (χ2v) is 8.23. The average molecular weight is 386 g/mol. The van der Waals surface area contributed by atoms with Gasteiger partial charge in [-0.25, -0.2) is 0 Å². The Hall–Kier alpha value is -2.18. The zero-order valence-electron chi connectivity index (χ0n) is 15.9. The first-order valence-electron chi connectivity index (χ1n) is 9.37. The summed E-state index contributed by atoms with van der Waals surface area (Å²) in [6, 6.07) is 13.8. The van der Waals surface area contributed by atoms with Crippen LogP contribution in [-0.2, 0) is 4.79 Å². The van der Waals surface area contributed by atoms with Gasteiger partial charge in [-0.15, -0.1) is 11.3 Å². The number of amides is 2. The molecular formula is C21H27N3O2S. The van der Waals surface area contributed by atoms with Crippen molar-refractivity contribution in [2.75, 3.05) is 33.7 Å². The molecule has 5 nitrogen and oxygen atoms in total. The van der Waals surface area contributed by atoms with Crippen LogP contribution in [0, 0.1) is 5.92 Å². The number of hydrogen-bond donors (Lipinski definition) is 1. The summed E-state index contributed by atoms with van der Waals surface area (Å²) in [6.45, 7) is 2.03. The number of hydrogen-bond acceptors (Lipinski definition) is 4. The van der Waals surface area contributed by atoms with Gasteiger partial charge in [0, 0.05) is 25.6 Å². The van der Waals surface area contributed by atoms with Crippen LogP contribution in [0.15, 0.2) is 47.8 Å². The predicted molar refractivity (Wildman–Crippen MR) is 109 cm³/mol. The highest BCUT2D eigenvalue weighted by atomic mass is 32.1. The predicted octanol–water partition coefficient (Wildman–Crippen LogP) is 3.02. The molecule has 6 heteroatoms. The molecule has 0 unspecified atom stereocenters. The van der Waals surface area contributed by atoms with Gasteiger partial charge in [-0.05, 0) is 43.9 Å². The standard InChI is InChI=1S/C21H27N3O2S/c1-23(2)15-18(16-7-4-3-5-8-16)22-20(25)17-10-12-24(13-11-17)21(26)19-9-6-14-27-19/h3-9,14,17-18H,10-13,15H2,1-2H3,(H,22,25)/t18-/m0/s1. The van der Waals surface area contributed by atoms with Crippen LogP contribution in [0.25, 0.3) is 0 Å². The molecule has 1 aliphatic heterocycles. The van der Waals surface area contributed by atoms with E-state index in [1.54, 1.807) is 0 Å². The smallest absolute Gasteiger partial charge is 0.263 e. The monoisotopic (exact) mass is 385 g/mol. The van der Waals surface area contributed by atoms with Crippen molar-refractivity contribution in [1.82, 2.24) is 15.1 Å². The molecule has 2 aromatic rings. The van der Waals surface area contributed by atoms with E-state index in [-0.39, 0.29) is 23.8 Å². The molecule has 27 heavy (non-hydrogen) atoms. The van der Waals surface area contributed by atoms with Crippen LogP contribution in [0.1, 0.15) is 34.1 Å². The molecule has 1 fully saturated rings. The van der Waals surface area contributed by atoms with Crippen LogP contribution in [-0.4, -0.2) is 55.3 Å². The molecule has 144 valence electrons. The van der Waals surface area contributed by atoms with Crippen molar-refractivity contribution in [1.29, 1.82) is 0 Å². The molecule has 1 saturated heterocycles. The highest BCUT2D eigenvalue weighted by Gasteiger charge is 2.29. The van der Waals surface area contributed by atoms with Crippen LogP contribution in [0.4, 0.5) is 0 Å². The number of likely N-dealkylation sites (N-methyl/N-ethyl adjacent to an activating group) is 1. The molecule has 0 radical (unpaired) electrons. The lowest BCUT2D eigenvalue weighted by molar-refractivity contribution is -0.127. The van der Waals surface area contributed by atoms with Gasteiger partial charge in [0.1, 0.15) is 0 Å². The van der Waals surface area contributed by atoms with E-state index in [1.807, 2.05) is 54.7 Å². The van der Waals surface area contributed by atoms with Crippen molar-refractivity contribution in [3.05, 3.63) is 58.3 Å². The fraction of sp³-hybridized carbons (Fsp3) is 0.429. The van der Waals surface area contributed by atoms with Gasteiger partial charge in [-0.3, -0.25) is 9.59 Å². The summed E-state index contributed by atoms with van der Waals surface area (Å²) < 4.78 is 0.